The third-order valence-electron chi connectivity index (χ3n) is 3.89. The van der Waals surface area contributed by atoms with Gasteiger partial charge in [-0.3, -0.25) is 4.79 Å². The molecule has 6 heteroatoms. The van der Waals surface area contributed by atoms with Gasteiger partial charge in [-0.2, -0.15) is 0 Å². The number of hydrogen-bond acceptors (Lipinski definition) is 4. The van der Waals surface area contributed by atoms with Crippen LogP contribution in [0.15, 0.2) is 42.5 Å². The van der Waals surface area contributed by atoms with Crippen LogP contribution in [0.5, 0.6) is 17.2 Å². The van der Waals surface area contributed by atoms with E-state index in [1.807, 2.05) is 38.2 Å². The summed E-state index contributed by atoms with van der Waals surface area (Å²) in [7, 11) is 5.14. The van der Waals surface area contributed by atoms with Crippen LogP contribution in [0.1, 0.15) is 12.5 Å². The highest BCUT2D eigenvalue weighted by molar-refractivity contribution is 5.93. The molecule has 1 atom stereocenters. The van der Waals surface area contributed by atoms with Crippen molar-refractivity contribution in [1.82, 2.24) is 0 Å². The first-order valence-corrected chi connectivity index (χ1v) is 8.60. The fourth-order valence-corrected chi connectivity index (χ4v) is 2.65. The second-order valence-corrected chi connectivity index (χ2v) is 6.00. The highest BCUT2D eigenvalue weighted by Gasteiger charge is 2.14. The maximum absolute atomic E-state index is 12.3. The molecule has 0 heterocycles. The van der Waals surface area contributed by atoms with Crippen LogP contribution >= 0.6 is 0 Å². The molecule has 0 saturated heterocycles. The average molecular weight is 359 g/mol. The summed E-state index contributed by atoms with van der Waals surface area (Å²) in [6.45, 7) is 3.71. The molecule has 0 fully saturated rings. The van der Waals surface area contributed by atoms with Gasteiger partial charge in [-0.05, 0) is 43.3 Å². The standard InChI is InChI=1S/C20H26N2O4/c1-5-26-16-8-6-15(7-9-16)13-22(2)14-20(23)21-18-11-10-17(24-3)12-19(18)25-4/h6-12H,5,13-14H2,1-4H3,(H,21,23)/p+1. The summed E-state index contributed by atoms with van der Waals surface area (Å²) in [6, 6.07) is 13.3. The van der Waals surface area contributed by atoms with Crippen molar-refractivity contribution in [2.75, 3.05) is 39.7 Å². The van der Waals surface area contributed by atoms with E-state index < -0.39 is 0 Å². The minimum Gasteiger partial charge on any atom is -0.497 e. The van der Waals surface area contributed by atoms with Gasteiger partial charge in [-0.25, -0.2) is 0 Å². The Bertz CT molecular complexity index is 716. The minimum atomic E-state index is -0.0723. The predicted molar refractivity (Wildman–Crippen MR) is 101 cm³/mol. The van der Waals surface area contributed by atoms with Gasteiger partial charge in [0.1, 0.15) is 23.8 Å². The fraction of sp³-hybridized carbons (Fsp3) is 0.350. The summed E-state index contributed by atoms with van der Waals surface area (Å²) in [4.78, 5) is 13.4. The molecule has 0 aliphatic carbocycles. The van der Waals surface area contributed by atoms with Gasteiger partial charge in [-0.15, -0.1) is 0 Å². The van der Waals surface area contributed by atoms with Gasteiger partial charge in [-0.1, -0.05) is 0 Å². The number of carbonyl (C=O) groups excluding carboxylic acids is 1. The Hall–Kier alpha value is -2.73. The number of rotatable bonds is 9. The van der Waals surface area contributed by atoms with E-state index in [-0.39, 0.29) is 5.91 Å². The van der Waals surface area contributed by atoms with Crippen molar-refractivity contribution in [3.8, 4) is 17.2 Å². The van der Waals surface area contributed by atoms with E-state index in [1.165, 1.54) is 0 Å². The predicted octanol–water partition coefficient (Wildman–Crippen LogP) is 1.76. The topological polar surface area (TPSA) is 61.2 Å². The van der Waals surface area contributed by atoms with Gasteiger partial charge < -0.3 is 24.4 Å². The van der Waals surface area contributed by atoms with Crippen LogP contribution in [0.25, 0.3) is 0 Å². The second kappa shape index (κ2) is 9.68. The summed E-state index contributed by atoms with van der Waals surface area (Å²) in [5.74, 6) is 2.04. The van der Waals surface area contributed by atoms with Crippen LogP contribution in [0.4, 0.5) is 5.69 Å². The van der Waals surface area contributed by atoms with Crippen molar-refractivity contribution in [3.05, 3.63) is 48.0 Å². The molecule has 2 aromatic carbocycles. The van der Waals surface area contributed by atoms with Crippen LogP contribution in [-0.4, -0.2) is 40.3 Å². The van der Waals surface area contributed by atoms with Crippen molar-refractivity contribution in [1.29, 1.82) is 0 Å². The maximum Gasteiger partial charge on any atom is 0.279 e. The molecule has 2 N–H and O–H groups in total. The molecular weight excluding hydrogens is 332 g/mol. The first-order valence-electron chi connectivity index (χ1n) is 8.60. The van der Waals surface area contributed by atoms with Crippen LogP contribution in [0, 0.1) is 0 Å². The Balaban J connectivity index is 1.90. The monoisotopic (exact) mass is 359 g/mol. The van der Waals surface area contributed by atoms with E-state index in [0.29, 0.717) is 30.3 Å². The van der Waals surface area contributed by atoms with Crippen LogP contribution < -0.4 is 24.4 Å². The van der Waals surface area contributed by atoms with Crippen molar-refractivity contribution in [2.45, 2.75) is 13.5 Å². The molecule has 1 amide bonds. The molecule has 2 aromatic rings. The van der Waals surface area contributed by atoms with E-state index >= 15 is 0 Å². The SMILES string of the molecule is CCOc1ccc(C[NH+](C)CC(=O)Nc2ccc(OC)cc2OC)cc1. The van der Waals surface area contributed by atoms with Crippen molar-refractivity contribution < 1.29 is 23.9 Å². The molecule has 140 valence electrons. The number of benzene rings is 2. The zero-order valence-electron chi connectivity index (χ0n) is 15.8. The molecule has 0 spiro atoms. The molecule has 6 nitrogen and oxygen atoms in total. The zero-order valence-corrected chi connectivity index (χ0v) is 15.8. The van der Waals surface area contributed by atoms with E-state index in [4.69, 9.17) is 14.2 Å². The Morgan fingerprint density at radius 1 is 1.04 bits per heavy atom. The van der Waals surface area contributed by atoms with Crippen LogP contribution in [0.2, 0.25) is 0 Å². The number of anilines is 1. The van der Waals surface area contributed by atoms with E-state index in [0.717, 1.165) is 22.8 Å². The number of likely N-dealkylation sites (N-methyl/N-ethyl adjacent to an activating group) is 1. The molecule has 0 saturated carbocycles. The Labute approximate surface area is 154 Å². The number of amides is 1. The lowest BCUT2D eigenvalue weighted by Gasteiger charge is -2.15. The molecular formula is C20H27N2O4+. The smallest absolute Gasteiger partial charge is 0.279 e. The average Bonchev–Trinajstić information content (AvgIpc) is 2.63. The second-order valence-electron chi connectivity index (χ2n) is 6.00. The summed E-state index contributed by atoms with van der Waals surface area (Å²) in [6.07, 6.45) is 0. The molecule has 0 aliphatic rings. The van der Waals surface area contributed by atoms with Crippen molar-refractivity contribution >= 4 is 11.6 Å². The molecule has 26 heavy (non-hydrogen) atoms. The zero-order chi connectivity index (χ0) is 18.9. The Morgan fingerprint density at radius 2 is 1.73 bits per heavy atom. The number of hydrogen-bond donors (Lipinski definition) is 2. The third kappa shape index (κ3) is 5.67. The van der Waals surface area contributed by atoms with Gasteiger partial charge in [0.25, 0.3) is 5.91 Å². The quantitative estimate of drug-likeness (QED) is 0.716. The van der Waals surface area contributed by atoms with Gasteiger partial charge in [0.15, 0.2) is 6.54 Å². The van der Waals surface area contributed by atoms with Crippen LogP contribution in [0.3, 0.4) is 0 Å². The molecule has 0 aliphatic heterocycles. The van der Waals surface area contributed by atoms with Crippen molar-refractivity contribution in [3.63, 3.8) is 0 Å². The number of quaternary nitrogens is 1. The fourth-order valence-electron chi connectivity index (χ4n) is 2.65. The summed E-state index contributed by atoms with van der Waals surface area (Å²) in [5.41, 5.74) is 1.79. The molecule has 0 bridgehead atoms. The first kappa shape index (κ1) is 19.6. The lowest BCUT2D eigenvalue weighted by molar-refractivity contribution is -0.885. The number of ether oxygens (including phenoxy) is 3. The van der Waals surface area contributed by atoms with E-state index in [2.05, 4.69) is 5.32 Å². The number of carbonyl (C=O) groups is 1. The molecule has 0 radical (unpaired) electrons. The Kier molecular flexibility index (Phi) is 7.29. The number of methoxy groups -OCH3 is 2. The molecule has 2 rings (SSSR count). The maximum atomic E-state index is 12.3. The lowest BCUT2D eigenvalue weighted by atomic mass is 10.2. The summed E-state index contributed by atoms with van der Waals surface area (Å²) in [5, 5.41) is 2.89. The molecule has 1 unspecified atom stereocenters. The van der Waals surface area contributed by atoms with Gasteiger partial charge in [0.05, 0.1) is 33.6 Å². The highest BCUT2D eigenvalue weighted by Crippen LogP contribution is 2.28. The highest BCUT2D eigenvalue weighted by atomic mass is 16.5. The van der Waals surface area contributed by atoms with Gasteiger partial charge in [0, 0.05) is 11.6 Å². The summed E-state index contributed by atoms with van der Waals surface area (Å²) >= 11 is 0. The summed E-state index contributed by atoms with van der Waals surface area (Å²) < 4.78 is 15.9. The largest absolute Gasteiger partial charge is 0.497 e. The Morgan fingerprint density at radius 3 is 2.35 bits per heavy atom. The third-order valence-corrected chi connectivity index (χ3v) is 3.89. The van der Waals surface area contributed by atoms with E-state index in [9.17, 15) is 4.79 Å². The lowest BCUT2D eigenvalue weighted by Crippen LogP contribution is -3.08. The normalized spacial score (nSPS) is 11.5. The van der Waals surface area contributed by atoms with Gasteiger partial charge >= 0.3 is 0 Å². The van der Waals surface area contributed by atoms with Crippen molar-refractivity contribution in [2.24, 2.45) is 0 Å². The van der Waals surface area contributed by atoms with Gasteiger partial charge in [0.2, 0.25) is 0 Å². The minimum absolute atomic E-state index is 0.0723. The first-order chi connectivity index (χ1) is 12.5. The number of nitrogens with one attached hydrogen (secondary N) is 2. The molecule has 0 aromatic heterocycles. The van der Waals surface area contributed by atoms with E-state index in [1.54, 1.807) is 32.4 Å². The van der Waals surface area contributed by atoms with Crippen LogP contribution in [-0.2, 0) is 11.3 Å².